The van der Waals surface area contributed by atoms with Crippen LogP contribution in [0.5, 0.6) is 0 Å². The van der Waals surface area contributed by atoms with E-state index in [4.69, 9.17) is 5.73 Å². The van der Waals surface area contributed by atoms with Crippen LogP contribution < -0.4 is 5.73 Å². The van der Waals surface area contributed by atoms with E-state index in [9.17, 15) is 0 Å². The topological polar surface area (TPSA) is 26.0 Å². The minimum atomic E-state index is 0.380. The number of thioether (sulfide) groups is 1. The lowest BCUT2D eigenvalue weighted by Gasteiger charge is -2.25. The van der Waals surface area contributed by atoms with E-state index >= 15 is 0 Å². The highest BCUT2D eigenvalue weighted by atomic mass is 32.2. The third kappa shape index (κ3) is 3.53. The largest absolute Gasteiger partial charge is 0.327 e. The van der Waals surface area contributed by atoms with E-state index < -0.39 is 0 Å². The maximum Gasteiger partial charge on any atom is 0.0246 e. The number of hydrogen-bond acceptors (Lipinski definition) is 2. The SMILES string of the molecule is NC1CCCCCCC1Sc1ccccc1. The average molecular weight is 235 g/mol. The molecule has 1 fully saturated rings. The highest BCUT2D eigenvalue weighted by Crippen LogP contribution is 2.31. The standard InChI is InChI=1S/C14H21NS/c15-13-10-6-1-2-7-11-14(13)16-12-8-4-3-5-9-12/h3-5,8-9,13-14H,1-2,6-7,10-11,15H2. The molecule has 0 aromatic heterocycles. The van der Waals surface area contributed by atoms with E-state index in [0.29, 0.717) is 11.3 Å². The number of nitrogens with two attached hydrogens (primary N) is 1. The van der Waals surface area contributed by atoms with Crippen LogP contribution in [-0.4, -0.2) is 11.3 Å². The molecule has 0 aliphatic heterocycles. The van der Waals surface area contributed by atoms with Crippen LogP contribution in [-0.2, 0) is 0 Å². The molecular formula is C14H21NS. The Morgan fingerprint density at radius 2 is 1.62 bits per heavy atom. The Bertz CT molecular complexity index is 299. The van der Waals surface area contributed by atoms with Gasteiger partial charge in [-0.05, 0) is 25.0 Å². The highest BCUT2D eigenvalue weighted by molar-refractivity contribution is 8.00. The lowest BCUT2D eigenvalue weighted by molar-refractivity contribution is 0.463. The van der Waals surface area contributed by atoms with Gasteiger partial charge in [-0.3, -0.25) is 0 Å². The molecule has 2 N–H and O–H groups in total. The van der Waals surface area contributed by atoms with Gasteiger partial charge in [-0.2, -0.15) is 0 Å². The summed E-state index contributed by atoms with van der Waals surface area (Å²) in [5, 5.41) is 0.614. The molecule has 2 heteroatoms. The molecule has 0 saturated heterocycles. The summed E-state index contributed by atoms with van der Waals surface area (Å²) in [6.45, 7) is 0. The van der Waals surface area contributed by atoms with Crippen molar-refractivity contribution >= 4 is 11.8 Å². The highest BCUT2D eigenvalue weighted by Gasteiger charge is 2.20. The van der Waals surface area contributed by atoms with Gasteiger partial charge in [0.2, 0.25) is 0 Å². The molecule has 1 aromatic carbocycles. The van der Waals surface area contributed by atoms with Gasteiger partial charge in [0.15, 0.2) is 0 Å². The number of benzene rings is 1. The molecule has 0 radical (unpaired) electrons. The summed E-state index contributed by atoms with van der Waals surface area (Å²) >= 11 is 1.97. The Hall–Kier alpha value is -0.470. The van der Waals surface area contributed by atoms with Gasteiger partial charge in [-0.1, -0.05) is 43.9 Å². The first kappa shape index (κ1) is 12.0. The maximum atomic E-state index is 6.28. The van der Waals surface area contributed by atoms with Crippen molar-refractivity contribution in [3.63, 3.8) is 0 Å². The predicted molar refractivity (Wildman–Crippen MR) is 71.8 cm³/mol. The summed E-state index contributed by atoms with van der Waals surface area (Å²) in [7, 11) is 0. The molecule has 2 atom stereocenters. The molecule has 1 aliphatic carbocycles. The van der Waals surface area contributed by atoms with Crippen molar-refractivity contribution < 1.29 is 0 Å². The van der Waals surface area contributed by atoms with Crippen molar-refractivity contribution in [1.29, 1.82) is 0 Å². The van der Waals surface area contributed by atoms with Gasteiger partial charge in [0.05, 0.1) is 0 Å². The molecule has 88 valence electrons. The Kier molecular flexibility index (Phi) is 4.73. The van der Waals surface area contributed by atoms with Crippen LogP contribution in [0.4, 0.5) is 0 Å². The molecule has 1 saturated carbocycles. The zero-order valence-electron chi connectivity index (χ0n) is 9.77. The first-order chi connectivity index (χ1) is 7.86. The fourth-order valence-electron chi connectivity index (χ4n) is 2.30. The van der Waals surface area contributed by atoms with Crippen LogP contribution in [0.3, 0.4) is 0 Å². The van der Waals surface area contributed by atoms with E-state index in [2.05, 4.69) is 30.3 Å². The molecule has 2 unspecified atom stereocenters. The smallest absolute Gasteiger partial charge is 0.0246 e. The van der Waals surface area contributed by atoms with E-state index in [-0.39, 0.29) is 0 Å². The van der Waals surface area contributed by atoms with Gasteiger partial charge in [0.1, 0.15) is 0 Å². The Morgan fingerprint density at radius 3 is 2.38 bits per heavy atom. The van der Waals surface area contributed by atoms with Crippen LogP contribution in [0.2, 0.25) is 0 Å². The third-order valence-electron chi connectivity index (χ3n) is 3.28. The monoisotopic (exact) mass is 235 g/mol. The molecule has 0 amide bonds. The van der Waals surface area contributed by atoms with Crippen LogP contribution in [0, 0.1) is 0 Å². The average Bonchev–Trinajstić information content (AvgIpc) is 2.30. The molecular weight excluding hydrogens is 214 g/mol. The minimum absolute atomic E-state index is 0.380. The molecule has 0 spiro atoms. The van der Waals surface area contributed by atoms with Gasteiger partial charge in [0.25, 0.3) is 0 Å². The molecule has 16 heavy (non-hydrogen) atoms. The Labute approximate surface area is 103 Å². The van der Waals surface area contributed by atoms with Crippen LogP contribution in [0.25, 0.3) is 0 Å². The van der Waals surface area contributed by atoms with E-state index in [1.54, 1.807) is 0 Å². The Balaban J connectivity index is 1.95. The second-order valence-electron chi connectivity index (χ2n) is 4.62. The van der Waals surface area contributed by atoms with Crippen LogP contribution >= 0.6 is 11.8 Å². The molecule has 0 heterocycles. The summed E-state index contributed by atoms with van der Waals surface area (Å²) in [6.07, 6.45) is 7.89. The minimum Gasteiger partial charge on any atom is -0.327 e. The van der Waals surface area contributed by atoms with Crippen molar-refractivity contribution in [2.75, 3.05) is 0 Å². The molecule has 1 nitrogen and oxygen atoms in total. The van der Waals surface area contributed by atoms with Crippen molar-refractivity contribution in [3.05, 3.63) is 30.3 Å². The quantitative estimate of drug-likeness (QED) is 0.843. The molecule has 0 bridgehead atoms. The third-order valence-corrected chi connectivity index (χ3v) is 4.72. The number of hydrogen-bond donors (Lipinski definition) is 1. The predicted octanol–water partition coefficient (Wildman–Crippen LogP) is 3.83. The fraction of sp³-hybridized carbons (Fsp3) is 0.571. The normalized spacial score (nSPS) is 27.1. The van der Waals surface area contributed by atoms with Crippen molar-refractivity contribution in [1.82, 2.24) is 0 Å². The van der Waals surface area contributed by atoms with E-state index in [1.165, 1.54) is 43.4 Å². The first-order valence-corrected chi connectivity index (χ1v) is 7.21. The number of rotatable bonds is 2. The van der Waals surface area contributed by atoms with Crippen molar-refractivity contribution in [2.45, 2.75) is 54.7 Å². The van der Waals surface area contributed by atoms with Crippen LogP contribution in [0.15, 0.2) is 35.2 Å². The second kappa shape index (κ2) is 6.31. The molecule has 2 rings (SSSR count). The lowest BCUT2D eigenvalue weighted by Crippen LogP contribution is -2.33. The van der Waals surface area contributed by atoms with Crippen LogP contribution in [0.1, 0.15) is 38.5 Å². The zero-order valence-corrected chi connectivity index (χ0v) is 10.6. The summed E-state index contributed by atoms with van der Waals surface area (Å²) < 4.78 is 0. The second-order valence-corrected chi connectivity index (χ2v) is 5.94. The van der Waals surface area contributed by atoms with Crippen molar-refractivity contribution in [3.8, 4) is 0 Å². The summed E-state index contributed by atoms with van der Waals surface area (Å²) in [4.78, 5) is 1.36. The summed E-state index contributed by atoms with van der Waals surface area (Å²) in [6, 6.07) is 11.0. The maximum absolute atomic E-state index is 6.28. The van der Waals surface area contributed by atoms with Gasteiger partial charge in [-0.15, -0.1) is 11.8 Å². The van der Waals surface area contributed by atoms with E-state index in [0.717, 1.165) is 0 Å². The summed E-state index contributed by atoms with van der Waals surface area (Å²) in [5.74, 6) is 0. The van der Waals surface area contributed by atoms with Crippen molar-refractivity contribution in [2.24, 2.45) is 5.73 Å². The van der Waals surface area contributed by atoms with Gasteiger partial charge in [-0.25, -0.2) is 0 Å². The molecule has 1 aliphatic rings. The molecule has 1 aromatic rings. The van der Waals surface area contributed by atoms with Gasteiger partial charge >= 0.3 is 0 Å². The lowest BCUT2D eigenvalue weighted by atomic mass is 9.97. The summed E-state index contributed by atoms with van der Waals surface area (Å²) in [5.41, 5.74) is 6.28. The van der Waals surface area contributed by atoms with Gasteiger partial charge in [0, 0.05) is 16.2 Å². The fourth-order valence-corrected chi connectivity index (χ4v) is 3.56. The first-order valence-electron chi connectivity index (χ1n) is 6.33. The van der Waals surface area contributed by atoms with E-state index in [1.807, 2.05) is 11.8 Å². The zero-order chi connectivity index (χ0) is 11.2. The Morgan fingerprint density at radius 1 is 0.938 bits per heavy atom. The van der Waals surface area contributed by atoms with Gasteiger partial charge < -0.3 is 5.73 Å².